The van der Waals surface area contributed by atoms with Crippen LogP contribution in [-0.4, -0.2) is 104 Å². The lowest BCUT2D eigenvalue weighted by molar-refractivity contribution is -0.173. The molecular weight excluding hydrogens is 553 g/mol. The van der Waals surface area contributed by atoms with E-state index in [0.717, 1.165) is 17.8 Å². The van der Waals surface area contributed by atoms with Crippen molar-refractivity contribution in [2.24, 2.45) is 35.5 Å². The maximum atomic E-state index is 13.8. The fourth-order valence-corrected chi connectivity index (χ4v) is 7.67. The molecule has 2 aliphatic heterocycles. The molecule has 3 N–H and O–H groups in total. The number of esters is 2. The van der Waals surface area contributed by atoms with Gasteiger partial charge in [0.1, 0.15) is 41.5 Å². The number of carbonyl (C=O) groups is 2. The SMILES string of the molecule is COCC1[C@@H](O)[C@@H]2[C@H]3C=C[C@@H]4[C@@H](COC)C(=O)O[C@H]([C@H](O)COC)[C@H](C)/C=C(\C)[C@@]24O[C@H]3[C@@H]1OC(=O)c1cc(F)c[nH]1. The molecule has 12 heteroatoms. The lowest BCUT2D eigenvalue weighted by Gasteiger charge is -2.49. The van der Waals surface area contributed by atoms with Crippen LogP contribution in [0.1, 0.15) is 24.3 Å². The van der Waals surface area contributed by atoms with Gasteiger partial charge in [0.15, 0.2) is 0 Å². The highest BCUT2D eigenvalue weighted by Gasteiger charge is 2.71. The van der Waals surface area contributed by atoms with E-state index >= 15 is 0 Å². The van der Waals surface area contributed by atoms with Gasteiger partial charge in [-0.3, -0.25) is 4.79 Å². The van der Waals surface area contributed by atoms with E-state index in [4.69, 9.17) is 28.4 Å². The van der Waals surface area contributed by atoms with Gasteiger partial charge in [0, 0.05) is 63.2 Å². The molecule has 42 heavy (non-hydrogen) atoms. The third-order valence-corrected chi connectivity index (χ3v) is 9.38. The standard InChI is InChI=1S/C30H40FNO10/c1-14-8-15(2)30-20(18(11-37-3)28(35)40-25(14)22(33)13-39-5)7-6-17-23(30)24(34)19(12-38-4)26(27(17)42-30)41-29(36)21-9-16(31)10-32-21/h6-10,14,17-20,22-27,32-34H,11-13H2,1-5H3/b15-8+/t14-,17-,18-,19?,20-,22-,23+,24-,25+,26-,27-,30+/m1/s1. The highest BCUT2D eigenvalue weighted by atomic mass is 19.1. The van der Waals surface area contributed by atoms with Crippen LogP contribution in [0.5, 0.6) is 0 Å². The molecular formula is C30H40FNO10. The number of aromatic nitrogens is 1. The molecule has 0 amide bonds. The van der Waals surface area contributed by atoms with Crippen molar-refractivity contribution >= 4 is 11.9 Å². The minimum atomic E-state index is -1.19. The number of rotatable bonds is 9. The van der Waals surface area contributed by atoms with Gasteiger partial charge in [0.25, 0.3) is 0 Å². The van der Waals surface area contributed by atoms with Crippen LogP contribution in [0.2, 0.25) is 0 Å². The summed E-state index contributed by atoms with van der Waals surface area (Å²) in [5, 5.41) is 22.8. The molecule has 1 unspecified atom stereocenters. The van der Waals surface area contributed by atoms with Crippen LogP contribution in [0, 0.1) is 41.3 Å². The predicted octanol–water partition coefficient (Wildman–Crippen LogP) is 1.65. The molecule has 0 aromatic carbocycles. The first-order valence-electron chi connectivity index (χ1n) is 14.2. The van der Waals surface area contributed by atoms with E-state index in [0.29, 0.717) is 0 Å². The van der Waals surface area contributed by atoms with E-state index in [-0.39, 0.29) is 31.4 Å². The topological polar surface area (TPSA) is 146 Å². The van der Waals surface area contributed by atoms with Gasteiger partial charge in [-0.1, -0.05) is 25.2 Å². The molecule has 5 rings (SSSR count). The van der Waals surface area contributed by atoms with Gasteiger partial charge in [-0.2, -0.15) is 0 Å². The summed E-state index contributed by atoms with van der Waals surface area (Å²) in [6.45, 7) is 3.77. The number of aromatic amines is 1. The number of cyclic esters (lactones) is 1. The summed E-state index contributed by atoms with van der Waals surface area (Å²) in [5.41, 5.74) is -0.500. The second kappa shape index (κ2) is 12.2. The molecule has 1 spiro atoms. The quantitative estimate of drug-likeness (QED) is 0.285. The molecule has 4 bridgehead atoms. The smallest absolute Gasteiger partial charge is 0.355 e. The van der Waals surface area contributed by atoms with Crippen LogP contribution in [0.15, 0.2) is 36.1 Å². The first-order valence-corrected chi connectivity index (χ1v) is 14.2. The van der Waals surface area contributed by atoms with Crippen molar-refractivity contribution in [3.8, 4) is 0 Å². The third kappa shape index (κ3) is 5.01. The van der Waals surface area contributed by atoms with Crippen molar-refractivity contribution in [3.63, 3.8) is 0 Å². The van der Waals surface area contributed by atoms with Crippen molar-refractivity contribution in [1.82, 2.24) is 4.98 Å². The Bertz CT molecular complexity index is 1220. The first-order chi connectivity index (χ1) is 20.1. The largest absolute Gasteiger partial charge is 0.459 e. The van der Waals surface area contributed by atoms with E-state index in [1.807, 2.05) is 32.1 Å². The van der Waals surface area contributed by atoms with Gasteiger partial charge >= 0.3 is 11.9 Å². The Kier molecular flexibility index (Phi) is 8.94. The lowest BCUT2D eigenvalue weighted by Crippen LogP contribution is -2.59. The summed E-state index contributed by atoms with van der Waals surface area (Å²) >= 11 is 0. The maximum absolute atomic E-state index is 13.8. The first kappa shape index (κ1) is 30.8. The molecule has 0 radical (unpaired) electrons. The summed E-state index contributed by atoms with van der Waals surface area (Å²) in [5.74, 6) is -5.40. The molecule has 4 aliphatic rings. The Hall–Kier alpha value is -2.61. The zero-order chi connectivity index (χ0) is 30.3. The van der Waals surface area contributed by atoms with Crippen LogP contribution in [0.4, 0.5) is 4.39 Å². The van der Waals surface area contributed by atoms with Crippen molar-refractivity contribution < 1.29 is 52.6 Å². The summed E-state index contributed by atoms with van der Waals surface area (Å²) < 4.78 is 48.6. The minimum Gasteiger partial charge on any atom is -0.459 e. The minimum absolute atomic E-state index is 0.00412. The van der Waals surface area contributed by atoms with Gasteiger partial charge < -0.3 is 43.6 Å². The molecule has 1 saturated carbocycles. The molecule has 1 aromatic heterocycles. The van der Waals surface area contributed by atoms with Crippen molar-refractivity contribution in [3.05, 3.63) is 47.6 Å². The monoisotopic (exact) mass is 593 g/mol. The van der Waals surface area contributed by atoms with Gasteiger partial charge in [0.05, 0.1) is 31.8 Å². The second-order valence-corrected chi connectivity index (χ2v) is 11.8. The molecule has 232 valence electrons. The van der Waals surface area contributed by atoms with Crippen molar-refractivity contribution in [2.45, 2.75) is 50.0 Å². The number of methoxy groups -OCH3 is 3. The maximum Gasteiger partial charge on any atom is 0.355 e. The van der Waals surface area contributed by atoms with E-state index in [1.165, 1.54) is 21.3 Å². The van der Waals surface area contributed by atoms with E-state index < -0.39 is 83.5 Å². The number of carbonyl (C=O) groups excluding carboxylic acids is 2. The highest BCUT2D eigenvalue weighted by molar-refractivity contribution is 5.87. The van der Waals surface area contributed by atoms with Crippen LogP contribution in [0.3, 0.4) is 0 Å². The Morgan fingerprint density at radius 1 is 1.19 bits per heavy atom. The molecule has 1 aromatic rings. The molecule has 1 saturated heterocycles. The predicted molar refractivity (Wildman–Crippen MR) is 145 cm³/mol. The number of ether oxygens (including phenoxy) is 6. The average Bonchev–Trinajstić information content (AvgIpc) is 3.47. The Morgan fingerprint density at radius 3 is 2.57 bits per heavy atom. The number of hydrogen-bond donors (Lipinski definition) is 3. The molecule has 3 heterocycles. The second-order valence-electron chi connectivity index (χ2n) is 11.8. The lowest BCUT2D eigenvalue weighted by atomic mass is 9.56. The van der Waals surface area contributed by atoms with Gasteiger partial charge in [-0.05, 0) is 12.5 Å². The van der Waals surface area contributed by atoms with Crippen LogP contribution in [0.25, 0.3) is 0 Å². The number of aliphatic hydroxyl groups excluding tert-OH is 2. The zero-order valence-electron chi connectivity index (χ0n) is 24.4. The van der Waals surface area contributed by atoms with Crippen LogP contribution < -0.4 is 0 Å². The highest BCUT2D eigenvalue weighted by Crippen LogP contribution is 2.62. The van der Waals surface area contributed by atoms with Crippen molar-refractivity contribution in [2.75, 3.05) is 41.2 Å². The normalized spacial score (nSPS) is 41.0. The van der Waals surface area contributed by atoms with Gasteiger partial charge in [0.2, 0.25) is 0 Å². The molecule has 2 fully saturated rings. The van der Waals surface area contributed by atoms with Crippen LogP contribution >= 0.6 is 0 Å². The Morgan fingerprint density at radius 2 is 1.93 bits per heavy atom. The number of aliphatic hydroxyl groups is 2. The van der Waals surface area contributed by atoms with E-state index in [2.05, 4.69) is 4.98 Å². The molecule has 2 aliphatic carbocycles. The van der Waals surface area contributed by atoms with Crippen LogP contribution in [-0.2, 0) is 33.2 Å². The molecule has 11 nitrogen and oxygen atoms in total. The Labute approximate surface area is 243 Å². The summed E-state index contributed by atoms with van der Waals surface area (Å²) in [7, 11) is 4.44. The van der Waals surface area contributed by atoms with E-state index in [1.54, 1.807) is 0 Å². The molecule has 12 atom stereocenters. The number of halogens is 1. The fraction of sp³-hybridized carbons (Fsp3) is 0.667. The number of nitrogens with one attached hydrogen (secondary N) is 1. The number of H-pyrrole nitrogens is 1. The van der Waals surface area contributed by atoms with E-state index in [9.17, 15) is 24.2 Å². The fourth-order valence-electron chi connectivity index (χ4n) is 7.67. The summed E-state index contributed by atoms with van der Waals surface area (Å²) in [6.07, 6.45) is 2.11. The summed E-state index contributed by atoms with van der Waals surface area (Å²) in [4.78, 5) is 29.4. The Balaban J connectivity index is 1.60. The zero-order valence-corrected chi connectivity index (χ0v) is 24.4. The third-order valence-electron chi connectivity index (χ3n) is 9.38. The van der Waals surface area contributed by atoms with Gasteiger partial charge in [-0.25, -0.2) is 9.18 Å². The summed E-state index contributed by atoms with van der Waals surface area (Å²) in [6, 6.07) is 1.04. The van der Waals surface area contributed by atoms with Crippen molar-refractivity contribution in [1.29, 1.82) is 0 Å². The van der Waals surface area contributed by atoms with Gasteiger partial charge in [-0.15, -0.1) is 0 Å². The average molecular weight is 594 g/mol. The number of hydrogen-bond acceptors (Lipinski definition) is 10.